The fraction of sp³-hybridized carbons (Fsp3) is 0.273. The molecular formula is C11H12O4S. The summed E-state index contributed by atoms with van der Waals surface area (Å²) >= 11 is 0. The van der Waals surface area contributed by atoms with Crippen molar-refractivity contribution < 1.29 is 17.9 Å². The summed E-state index contributed by atoms with van der Waals surface area (Å²) in [6, 6.07) is 6.99. The van der Waals surface area contributed by atoms with Crippen LogP contribution in [0.4, 0.5) is 0 Å². The highest BCUT2D eigenvalue weighted by Crippen LogP contribution is 2.25. The molecule has 2 aromatic rings. The van der Waals surface area contributed by atoms with Crippen LogP contribution in [-0.2, 0) is 9.84 Å². The Hall–Kier alpha value is -1.33. The van der Waals surface area contributed by atoms with E-state index in [4.69, 9.17) is 9.52 Å². The zero-order chi connectivity index (χ0) is 11.6. The first-order chi connectivity index (χ1) is 7.65. The molecule has 0 saturated heterocycles. The lowest BCUT2D eigenvalue weighted by atomic mass is 10.3. The number of fused-ring (bicyclic) bond motifs is 1. The van der Waals surface area contributed by atoms with E-state index in [0.717, 1.165) is 0 Å². The fourth-order valence-electron chi connectivity index (χ4n) is 1.56. The van der Waals surface area contributed by atoms with E-state index in [1.54, 1.807) is 24.3 Å². The van der Waals surface area contributed by atoms with E-state index in [9.17, 15) is 8.42 Å². The number of hydrogen-bond donors (Lipinski definition) is 1. The lowest BCUT2D eigenvalue weighted by molar-refractivity contribution is 0.295. The summed E-state index contributed by atoms with van der Waals surface area (Å²) in [6.07, 6.45) is 1.50. The smallest absolute Gasteiger partial charge is 0.182 e. The Kier molecular flexibility index (Phi) is 2.98. The maximum absolute atomic E-state index is 11.9. The summed E-state index contributed by atoms with van der Waals surface area (Å²) in [5, 5.41) is 9.25. The average molecular weight is 240 g/mol. The SMILES string of the molecule is O=S(=O)(CCCO)c1coc2ccccc12. The lowest BCUT2D eigenvalue weighted by Gasteiger charge is -1.99. The predicted molar refractivity (Wildman–Crippen MR) is 60.0 cm³/mol. The van der Waals surface area contributed by atoms with Crippen molar-refractivity contribution in [1.29, 1.82) is 0 Å². The standard InChI is InChI=1S/C11H12O4S/c12-6-3-7-16(13,14)11-8-15-10-5-2-1-4-9(10)11/h1-2,4-5,8,12H,3,6-7H2. The summed E-state index contributed by atoms with van der Waals surface area (Å²) < 4.78 is 29.0. The van der Waals surface area contributed by atoms with Crippen molar-refractivity contribution >= 4 is 20.8 Å². The number of sulfone groups is 1. The van der Waals surface area contributed by atoms with Crippen LogP contribution in [0.2, 0.25) is 0 Å². The van der Waals surface area contributed by atoms with Crippen molar-refractivity contribution in [2.75, 3.05) is 12.4 Å². The number of benzene rings is 1. The molecule has 0 atom stereocenters. The van der Waals surface area contributed by atoms with E-state index < -0.39 is 9.84 Å². The van der Waals surface area contributed by atoms with Crippen LogP contribution in [0.3, 0.4) is 0 Å². The molecule has 0 aliphatic heterocycles. The van der Waals surface area contributed by atoms with Crippen LogP contribution in [0.25, 0.3) is 11.0 Å². The molecule has 1 heterocycles. The van der Waals surface area contributed by atoms with Gasteiger partial charge in [-0.05, 0) is 18.6 Å². The number of aliphatic hydroxyl groups excluding tert-OH is 1. The normalized spacial score (nSPS) is 12.1. The predicted octanol–water partition coefficient (Wildman–Crippen LogP) is 1.59. The van der Waals surface area contributed by atoms with Crippen molar-refractivity contribution in [1.82, 2.24) is 0 Å². The van der Waals surface area contributed by atoms with Gasteiger partial charge in [-0.3, -0.25) is 0 Å². The highest BCUT2D eigenvalue weighted by Gasteiger charge is 2.19. The van der Waals surface area contributed by atoms with Gasteiger partial charge in [0.15, 0.2) is 9.84 Å². The van der Waals surface area contributed by atoms with Gasteiger partial charge in [0.05, 0.1) is 5.75 Å². The van der Waals surface area contributed by atoms with Gasteiger partial charge in [0, 0.05) is 12.0 Å². The van der Waals surface area contributed by atoms with Crippen molar-refractivity contribution in [3.63, 3.8) is 0 Å². The summed E-state index contributed by atoms with van der Waals surface area (Å²) in [5.74, 6) is -0.0625. The molecule has 5 heteroatoms. The van der Waals surface area contributed by atoms with Crippen LogP contribution in [0.1, 0.15) is 6.42 Å². The number of furan rings is 1. The summed E-state index contributed by atoms with van der Waals surface area (Å²) in [5.41, 5.74) is 0.560. The molecule has 0 aliphatic rings. The molecule has 1 N–H and O–H groups in total. The second-order valence-corrected chi connectivity index (χ2v) is 5.57. The first-order valence-corrected chi connectivity index (χ1v) is 6.60. The molecular weight excluding hydrogens is 228 g/mol. The molecule has 0 bridgehead atoms. The zero-order valence-electron chi connectivity index (χ0n) is 8.59. The molecule has 86 valence electrons. The Labute approximate surface area is 93.4 Å². The Morgan fingerprint density at radius 1 is 1.25 bits per heavy atom. The molecule has 0 fully saturated rings. The van der Waals surface area contributed by atoms with Crippen molar-refractivity contribution in [3.05, 3.63) is 30.5 Å². The minimum atomic E-state index is -3.36. The largest absolute Gasteiger partial charge is 0.463 e. The molecule has 0 unspecified atom stereocenters. The van der Waals surface area contributed by atoms with E-state index in [1.807, 2.05) is 0 Å². The van der Waals surface area contributed by atoms with Gasteiger partial charge >= 0.3 is 0 Å². The van der Waals surface area contributed by atoms with Gasteiger partial charge in [0.25, 0.3) is 0 Å². The minimum absolute atomic E-state index is 0.0625. The van der Waals surface area contributed by atoms with Gasteiger partial charge in [0.2, 0.25) is 0 Å². The van der Waals surface area contributed by atoms with Crippen molar-refractivity contribution in [3.8, 4) is 0 Å². The molecule has 0 amide bonds. The second kappa shape index (κ2) is 4.27. The van der Waals surface area contributed by atoms with Gasteiger partial charge < -0.3 is 9.52 Å². The van der Waals surface area contributed by atoms with Crippen molar-refractivity contribution in [2.24, 2.45) is 0 Å². The minimum Gasteiger partial charge on any atom is -0.463 e. The number of aliphatic hydroxyl groups is 1. The molecule has 0 spiro atoms. The summed E-state index contributed by atoms with van der Waals surface area (Å²) in [7, 11) is -3.36. The topological polar surface area (TPSA) is 67.5 Å². The Balaban J connectivity index is 2.47. The van der Waals surface area contributed by atoms with E-state index in [2.05, 4.69) is 0 Å². The highest BCUT2D eigenvalue weighted by molar-refractivity contribution is 7.91. The van der Waals surface area contributed by atoms with Crippen LogP contribution in [-0.4, -0.2) is 25.9 Å². The molecule has 1 aromatic carbocycles. The highest BCUT2D eigenvalue weighted by atomic mass is 32.2. The van der Waals surface area contributed by atoms with E-state index >= 15 is 0 Å². The first kappa shape index (κ1) is 11.2. The van der Waals surface area contributed by atoms with Crippen molar-refractivity contribution in [2.45, 2.75) is 11.3 Å². The van der Waals surface area contributed by atoms with Crippen LogP contribution in [0, 0.1) is 0 Å². The molecule has 1 aromatic heterocycles. The van der Waals surface area contributed by atoms with E-state index in [-0.39, 0.29) is 23.7 Å². The lowest BCUT2D eigenvalue weighted by Crippen LogP contribution is -2.07. The molecule has 0 aliphatic carbocycles. The third-order valence-electron chi connectivity index (χ3n) is 2.35. The van der Waals surface area contributed by atoms with Crippen LogP contribution < -0.4 is 0 Å². The fourth-order valence-corrected chi connectivity index (χ4v) is 2.99. The third-order valence-corrected chi connectivity index (χ3v) is 4.16. The van der Waals surface area contributed by atoms with Crippen LogP contribution in [0.15, 0.2) is 39.8 Å². The number of para-hydroxylation sites is 1. The molecule has 16 heavy (non-hydrogen) atoms. The van der Waals surface area contributed by atoms with Gasteiger partial charge in [0.1, 0.15) is 16.7 Å². The van der Waals surface area contributed by atoms with E-state index in [0.29, 0.717) is 11.0 Å². The van der Waals surface area contributed by atoms with Gasteiger partial charge in [-0.1, -0.05) is 12.1 Å². The summed E-state index contributed by atoms with van der Waals surface area (Å²) in [4.78, 5) is 0.205. The molecule has 0 radical (unpaired) electrons. The third kappa shape index (κ3) is 1.96. The van der Waals surface area contributed by atoms with Crippen LogP contribution in [0.5, 0.6) is 0 Å². The maximum Gasteiger partial charge on any atom is 0.182 e. The molecule has 0 saturated carbocycles. The Morgan fingerprint density at radius 2 is 2.00 bits per heavy atom. The Bertz CT molecular complexity index is 583. The summed E-state index contributed by atoms with van der Waals surface area (Å²) in [6.45, 7) is -0.130. The zero-order valence-corrected chi connectivity index (χ0v) is 9.40. The second-order valence-electron chi connectivity index (χ2n) is 3.49. The molecule has 4 nitrogen and oxygen atoms in total. The van der Waals surface area contributed by atoms with Gasteiger partial charge in [-0.15, -0.1) is 0 Å². The first-order valence-electron chi connectivity index (χ1n) is 4.95. The van der Waals surface area contributed by atoms with Gasteiger partial charge in [-0.25, -0.2) is 8.42 Å². The maximum atomic E-state index is 11.9. The quantitative estimate of drug-likeness (QED) is 0.881. The molecule has 2 rings (SSSR count). The van der Waals surface area contributed by atoms with Crippen LogP contribution >= 0.6 is 0 Å². The number of rotatable bonds is 4. The van der Waals surface area contributed by atoms with E-state index in [1.165, 1.54) is 6.26 Å². The average Bonchev–Trinajstić information content (AvgIpc) is 2.71. The number of hydrogen-bond acceptors (Lipinski definition) is 4. The van der Waals surface area contributed by atoms with Gasteiger partial charge in [-0.2, -0.15) is 0 Å². The monoisotopic (exact) mass is 240 g/mol. The Morgan fingerprint density at radius 3 is 2.75 bits per heavy atom.